The average molecular weight is 544 g/mol. The zero-order valence-electron chi connectivity index (χ0n) is 21.7. The van der Waals surface area contributed by atoms with Crippen LogP contribution >= 0.6 is 11.6 Å². The number of aryl methyl sites for hydroxylation is 1. The number of carbonyl (C=O) groups excluding carboxylic acids is 4. The number of halogens is 1. The minimum absolute atomic E-state index is 0.127. The summed E-state index contributed by atoms with van der Waals surface area (Å²) in [6, 6.07) is 10.1. The summed E-state index contributed by atoms with van der Waals surface area (Å²) in [4.78, 5) is 55.5. The summed E-state index contributed by atoms with van der Waals surface area (Å²) in [5, 5.41) is 11.6. The molecular formula is C31H26ClNO6. The van der Waals surface area contributed by atoms with Crippen molar-refractivity contribution >= 4 is 40.7 Å². The topological polar surface area (TPSA) is 101 Å². The maximum absolute atomic E-state index is 14.0. The van der Waals surface area contributed by atoms with Gasteiger partial charge in [-0.25, -0.2) is 4.90 Å². The van der Waals surface area contributed by atoms with Crippen molar-refractivity contribution in [2.75, 3.05) is 12.0 Å². The van der Waals surface area contributed by atoms with Crippen LogP contribution in [0.1, 0.15) is 36.8 Å². The van der Waals surface area contributed by atoms with Gasteiger partial charge in [-0.3, -0.25) is 19.2 Å². The number of phenols is 1. The number of benzene rings is 2. The van der Waals surface area contributed by atoms with Gasteiger partial charge in [0.15, 0.2) is 23.1 Å². The van der Waals surface area contributed by atoms with E-state index in [2.05, 4.69) is 0 Å². The fourth-order valence-electron chi connectivity index (χ4n) is 6.63. The van der Waals surface area contributed by atoms with E-state index in [0.29, 0.717) is 39.4 Å². The molecule has 2 amide bonds. The smallest absolute Gasteiger partial charge is 0.238 e. The zero-order chi connectivity index (χ0) is 27.7. The van der Waals surface area contributed by atoms with Gasteiger partial charge in [0.2, 0.25) is 11.8 Å². The van der Waals surface area contributed by atoms with Crippen LogP contribution in [0, 0.1) is 24.7 Å². The van der Waals surface area contributed by atoms with E-state index >= 15 is 0 Å². The van der Waals surface area contributed by atoms with Crippen LogP contribution in [0.15, 0.2) is 70.8 Å². The van der Waals surface area contributed by atoms with Crippen LogP contribution in [-0.2, 0) is 19.2 Å². The number of hydrogen-bond acceptors (Lipinski definition) is 6. The highest BCUT2D eigenvalue weighted by molar-refractivity contribution is 6.32. The van der Waals surface area contributed by atoms with Gasteiger partial charge >= 0.3 is 0 Å². The van der Waals surface area contributed by atoms with Crippen molar-refractivity contribution in [1.82, 2.24) is 0 Å². The van der Waals surface area contributed by atoms with E-state index in [-0.39, 0.29) is 41.3 Å². The highest BCUT2D eigenvalue weighted by Gasteiger charge is 2.57. The molecular weight excluding hydrogens is 518 g/mol. The molecule has 1 aliphatic heterocycles. The average Bonchev–Trinajstić information content (AvgIpc) is 3.17. The fourth-order valence-corrected chi connectivity index (χ4v) is 6.80. The van der Waals surface area contributed by atoms with Gasteiger partial charge in [0.05, 0.1) is 24.6 Å². The number of rotatable bonds is 3. The number of carbonyl (C=O) groups is 4. The quantitative estimate of drug-likeness (QED) is 0.332. The SMILES string of the molecule is COc1cccc(C2C3=CCC4C(=O)N(c5ccc(C)c(Cl)c5)C(=O)C4C3CC3=C2C(=O)C(C)=CC3=O)c1O. The summed E-state index contributed by atoms with van der Waals surface area (Å²) in [6.07, 6.45) is 3.72. The third-order valence-corrected chi connectivity index (χ3v) is 8.95. The number of fused-ring (bicyclic) bond motifs is 3. The van der Waals surface area contributed by atoms with E-state index in [1.807, 2.05) is 13.0 Å². The number of imide groups is 1. The number of ketones is 2. The van der Waals surface area contributed by atoms with Crippen molar-refractivity contribution in [1.29, 1.82) is 0 Å². The largest absolute Gasteiger partial charge is 0.504 e. The maximum atomic E-state index is 14.0. The van der Waals surface area contributed by atoms with Crippen molar-refractivity contribution in [2.24, 2.45) is 17.8 Å². The summed E-state index contributed by atoms with van der Waals surface area (Å²) >= 11 is 6.32. The Morgan fingerprint density at radius 1 is 1.03 bits per heavy atom. The van der Waals surface area contributed by atoms with Gasteiger partial charge in [-0.15, -0.1) is 0 Å². The van der Waals surface area contributed by atoms with Crippen molar-refractivity contribution in [3.05, 3.63) is 87.0 Å². The van der Waals surface area contributed by atoms with Crippen LogP contribution < -0.4 is 9.64 Å². The molecule has 6 rings (SSSR count). The van der Waals surface area contributed by atoms with Gasteiger partial charge in [-0.05, 0) is 62.4 Å². The molecule has 4 atom stereocenters. The van der Waals surface area contributed by atoms with Crippen LogP contribution in [0.25, 0.3) is 0 Å². The Morgan fingerprint density at radius 3 is 2.51 bits per heavy atom. The molecule has 4 unspecified atom stereocenters. The molecule has 0 spiro atoms. The second-order valence-corrected chi connectivity index (χ2v) is 11.0. The first kappa shape index (κ1) is 25.3. The Hall–Kier alpha value is -3.97. The van der Waals surface area contributed by atoms with Crippen LogP contribution in [0.2, 0.25) is 5.02 Å². The number of ether oxygens (including phenoxy) is 1. The molecule has 1 heterocycles. The predicted octanol–water partition coefficient (Wildman–Crippen LogP) is 5.00. The maximum Gasteiger partial charge on any atom is 0.238 e. The summed E-state index contributed by atoms with van der Waals surface area (Å²) in [6.45, 7) is 3.45. The Labute approximate surface area is 230 Å². The summed E-state index contributed by atoms with van der Waals surface area (Å²) in [5.41, 5.74) is 3.41. The van der Waals surface area contributed by atoms with E-state index in [1.165, 1.54) is 18.1 Å². The molecule has 7 nitrogen and oxygen atoms in total. The van der Waals surface area contributed by atoms with Gasteiger partial charge in [-0.2, -0.15) is 0 Å². The van der Waals surface area contributed by atoms with Crippen LogP contribution in [0.5, 0.6) is 11.5 Å². The molecule has 1 N–H and O–H groups in total. The fraction of sp³-hybridized carbons (Fsp3) is 0.290. The highest BCUT2D eigenvalue weighted by Crippen LogP contribution is 2.57. The number of nitrogens with zero attached hydrogens (tertiary/aromatic N) is 1. The van der Waals surface area contributed by atoms with E-state index < -0.39 is 23.7 Å². The van der Waals surface area contributed by atoms with E-state index in [4.69, 9.17) is 16.3 Å². The molecule has 8 heteroatoms. The van der Waals surface area contributed by atoms with Gasteiger partial charge in [0, 0.05) is 33.2 Å². The first-order valence-corrected chi connectivity index (χ1v) is 13.2. The van der Waals surface area contributed by atoms with Gasteiger partial charge in [-0.1, -0.05) is 41.4 Å². The van der Waals surface area contributed by atoms with Crippen LogP contribution in [0.4, 0.5) is 5.69 Å². The lowest BCUT2D eigenvalue weighted by atomic mass is 9.59. The lowest BCUT2D eigenvalue weighted by Gasteiger charge is -2.42. The first-order valence-electron chi connectivity index (χ1n) is 12.8. The molecule has 4 aliphatic rings. The van der Waals surface area contributed by atoms with Gasteiger partial charge in [0.25, 0.3) is 0 Å². The second kappa shape index (κ2) is 9.06. The normalized spacial score (nSPS) is 26.2. The Morgan fingerprint density at radius 2 is 1.79 bits per heavy atom. The molecule has 39 heavy (non-hydrogen) atoms. The van der Waals surface area contributed by atoms with Gasteiger partial charge in [0.1, 0.15) is 0 Å². The molecule has 0 radical (unpaired) electrons. The Bertz CT molecular complexity index is 1600. The molecule has 0 bridgehead atoms. The number of Topliss-reactive ketones (excluding diaryl/α,β-unsaturated/α-hetero) is 1. The van der Waals surface area contributed by atoms with Crippen LogP contribution in [0.3, 0.4) is 0 Å². The highest BCUT2D eigenvalue weighted by atomic mass is 35.5. The molecule has 198 valence electrons. The molecule has 2 aromatic rings. The van der Waals surface area contributed by atoms with E-state index in [0.717, 1.165) is 11.1 Å². The minimum atomic E-state index is -0.749. The third-order valence-electron chi connectivity index (χ3n) is 8.54. The van der Waals surface area contributed by atoms with E-state index in [9.17, 15) is 24.3 Å². The Kier molecular flexibility index (Phi) is 5.88. The number of methoxy groups -OCH3 is 1. The summed E-state index contributed by atoms with van der Waals surface area (Å²) < 4.78 is 5.33. The van der Waals surface area contributed by atoms with Crippen molar-refractivity contribution in [3.63, 3.8) is 0 Å². The second-order valence-electron chi connectivity index (χ2n) is 10.6. The van der Waals surface area contributed by atoms with Crippen LogP contribution in [-0.4, -0.2) is 35.6 Å². The standard InChI is InChI=1S/C31H26ClNO6/c1-14-7-8-16(12-22(14)32)33-30(37)19-10-9-17-20(26(19)31(33)38)13-21-23(34)11-15(2)28(35)27(21)25(17)18-5-4-6-24(39-3)29(18)36/h4-9,11-12,19-20,25-26,36H,10,13H2,1-3H3. The molecule has 2 aromatic carbocycles. The monoisotopic (exact) mass is 543 g/mol. The lowest BCUT2D eigenvalue weighted by molar-refractivity contribution is -0.123. The number of amides is 2. The third kappa shape index (κ3) is 3.63. The van der Waals surface area contributed by atoms with Crippen molar-refractivity contribution < 1.29 is 29.0 Å². The van der Waals surface area contributed by atoms with Crippen molar-refractivity contribution in [3.8, 4) is 11.5 Å². The summed E-state index contributed by atoms with van der Waals surface area (Å²) in [5.74, 6) is -3.64. The van der Waals surface area contributed by atoms with Gasteiger partial charge < -0.3 is 9.84 Å². The number of hydrogen-bond donors (Lipinski definition) is 1. The molecule has 0 aromatic heterocycles. The molecule has 1 saturated heterocycles. The minimum Gasteiger partial charge on any atom is -0.504 e. The lowest BCUT2D eigenvalue weighted by Crippen LogP contribution is -2.39. The number of anilines is 1. The number of aromatic hydroxyl groups is 1. The molecule has 0 saturated carbocycles. The zero-order valence-corrected chi connectivity index (χ0v) is 22.4. The summed E-state index contributed by atoms with van der Waals surface area (Å²) in [7, 11) is 1.44. The van der Waals surface area contributed by atoms with E-state index in [1.54, 1.807) is 43.3 Å². The molecule has 1 fully saturated rings. The first-order chi connectivity index (χ1) is 18.6. The number of allylic oxidation sites excluding steroid dienone is 6. The predicted molar refractivity (Wildman–Crippen MR) is 145 cm³/mol. The number of para-hydroxylation sites is 1. The van der Waals surface area contributed by atoms with Crippen molar-refractivity contribution in [2.45, 2.75) is 32.6 Å². The Balaban J connectivity index is 1.50. The number of phenolic OH excluding ortho intramolecular Hbond substituents is 1. The molecule has 3 aliphatic carbocycles.